The molecular weight excluding hydrogens is 320 g/mol. The fourth-order valence-corrected chi connectivity index (χ4v) is 2.44. The Balaban J connectivity index is 2.04. The van der Waals surface area contributed by atoms with Crippen LogP contribution in [-0.2, 0) is 11.3 Å². The van der Waals surface area contributed by atoms with Crippen molar-refractivity contribution in [3.05, 3.63) is 87.2 Å². The summed E-state index contributed by atoms with van der Waals surface area (Å²) in [6, 6.07) is 15.9. The molecule has 1 heterocycles. The first-order valence-electron chi connectivity index (χ1n) is 7.66. The predicted octanol–water partition coefficient (Wildman–Crippen LogP) is 1.40. The highest BCUT2D eigenvalue weighted by atomic mass is 16.2. The molecule has 0 spiro atoms. The summed E-state index contributed by atoms with van der Waals surface area (Å²) < 4.78 is 2.25. The summed E-state index contributed by atoms with van der Waals surface area (Å²) >= 11 is 0. The average molecular weight is 336 g/mol. The van der Waals surface area contributed by atoms with Crippen LogP contribution in [0.3, 0.4) is 0 Å². The molecule has 0 fully saturated rings. The van der Waals surface area contributed by atoms with Crippen LogP contribution in [0.15, 0.2) is 70.4 Å². The van der Waals surface area contributed by atoms with Crippen LogP contribution in [0, 0.1) is 0 Å². The van der Waals surface area contributed by atoms with Gasteiger partial charge in [-0.25, -0.2) is 4.79 Å². The Labute approximate surface area is 143 Å². The minimum Gasteiger partial charge on any atom is -0.326 e. The van der Waals surface area contributed by atoms with Crippen molar-refractivity contribution in [1.29, 1.82) is 0 Å². The zero-order valence-corrected chi connectivity index (χ0v) is 13.5. The van der Waals surface area contributed by atoms with Crippen molar-refractivity contribution in [2.45, 2.75) is 13.5 Å². The molecule has 0 saturated heterocycles. The largest absolute Gasteiger partial charge is 0.352 e. The molecule has 1 aromatic heterocycles. The smallest absolute Gasteiger partial charge is 0.326 e. The first-order chi connectivity index (χ1) is 12.0. The second-order valence-corrected chi connectivity index (χ2v) is 5.48. The molecule has 3 rings (SSSR count). The summed E-state index contributed by atoms with van der Waals surface area (Å²) in [5, 5.41) is 6.58. The summed E-state index contributed by atoms with van der Waals surface area (Å²) in [4.78, 5) is 36.0. The first kappa shape index (κ1) is 16.4. The normalized spacial score (nSPS) is 10.4. The molecule has 3 aromatic rings. The van der Waals surface area contributed by atoms with Gasteiger partial charge in [-0.1, -0.05) is 36.4 Å². The summed E-state index contributed by atoms with van der Waals surface area (Å²) in [5.41, 5.74) is 0.823. The molecular formula is C18H16N4O3. The van der Waals surface area contributed by atoms with Gasteiger partial charge in [0.25, 0.3) is 5.56 Å². The van der Waals surface area contributed by atoms with Gasteiger partial charge >= 0.3 is 5.69 Å². The van der Waals surface area contributed by atoms with Gasteiger partial charge in [0.2, 0.25) is 5.91 Å². The van der Waals surface area contributed by atoms with E-state index in [4.69, 9.17) is 0 Å². The zero-order chi connectivity index (χ0) is 17.8. The van der Waals surface area contributed by atoms with Crippen molar-refractivity contribution in [3.63, 3.8) is 0 Å². The summed E-state index contributed by atoms with van der Waals surface area (Å²) in [5.74, 6) is -0.216. The summed E-state index contributed by atoms with van der Waals surface area (Å²) in [6.45, 7) is 1.56. The number of benzene rings is 2. The number of hydrogen-bond donors (Lipinski definition) is 1. The number of carbonyl (C=O) groups is 1. The van der Waals surface area contributed by atoms with Gasteiger partial charge in [-0.3, -0.25) is 14.2 Å². The van der Waals surface area contributed by atoms with Crippen molar-refractivity contribution >= 4 is 11.6 Å². The lowest BCUT2D eigenvalue weighted by Crippen LogP contribution is -2.40. The molecule has 1 N–H and O–H groups in total. The summed E-state index contributed by atoms with van der Waals surface area (Å²) in [6.07, 6.45) is 1.11. The number of nitrogens with one attached hydrogen (secondary N) is 1. The fourth-order valence-electron chi connectivity index (χ4n) is 2.44. The second-order valence-electron chi connectivity index (χ2n) is 5.48. The highest BCUT2D eigenvalue weighted by Crippen LogP contribution is 2.12. The van der Waals surface area contributed by atoms with Crippen LogP contribution in [0.4, 0.5) is 5.69 Å². The maximum atomic E-state index is 12.7. The Bertz CT molecular complexity index is 1020. The lowest BCUT2D eigenvalue weighted by molar-refractivity contribution is -0.114. The highest BCUT2D eigenvalue weighted by Gasteiger charge is 2.09. The average Bonchev–Trinajstić information content (AvgIpc) is 2.59. The van der Waals surface area contributed by atoms with Crippen molar-refractivity contribution in [2.24, 2.45) is 0 Å². The maximum Gasteiger partial charge on any atom is 0.352 e. The lowest BCUT2D eigenvalue weighted by Gasteiger charge is -2.10. The van der Waals surface area contributed by atoms with Crippen LogP contribution in [0.2, 0.25) is 0 Å². The Morgan fingerprint density at radius 3 is 2.56 bits per heavy atom. The van der Waals surface area contributed by atoms with Gasteiger partial charge in [-0.2, -0.15) is 9.78 Å². The summed E-state index contributed by atoms with van der Waals surface area (Å²) in [7, 11) is 0. The van der Waals surface area contributed by atoms with Crippen LogP contribution >= 0.6 is 0 Å². The van der Waals surface area contributed by atoms with Crippen LogP contribution < -0.4 is 16.6 Å². The van der Waals surface area contributed by atoms with E-state index in [0.717, 1.165) is 21.0 Å². The molecule has 0 radical (unpaired) electrons. The van der Waals surface area contributed by atoms with E-state index in [2.05, 4.69) is 10.4 Å². The minimum absolute atomic E-state index is 0.159. The van der Waals surface area contributed by atoms with Gasteiger partial charge in [-0.05, 0) is 23.8 Å². The van der Waals surface area contributed by atoms with E-state index in [-0.39, 0.29) is 12.5 Å². The fraction of sp³-hybridized carbons (Fsp3) is 0.111. The van der Waals surface area contributed by atoms with Gasteiger partial charge in [0, 0.05) is 12.6 Å². The lowest BCUT2D eigenvalue weighted by atomic mass is 10.2. The third-order valence-electron chi connectivity index (χ3n) is 3.56. The second kappa shape index (κ2) is 6.96. The van der Waals surface area contributed by atoms with Crippen LogP contribution in [0.25, 0.3) is 5.69 Å². The van der Waals surface area contributed by atoms with E-state index in [1.165, 1.54) is 6.92 Å². The molecule has 0 aliphatic heterocycles. The van der Waals surface area contributed by atoms with E-state index in [1.54, 1.807) is 24.3 Å². The Morgan fingerprint density at radius 2 is 1.84 bits per heavy atom. The Morgan fingerprint density at radius 1 is 1.08 bits per heavy atom. The first-order valence-corrected chi connectivity index (χ1v) is 7.66. The van der Waals surface area contributed by atoms with Gasteiger partial charge in [0.1, 0.15) is 6.20 Å². The number of hydrogen-bond acceptors (Lipinski definition) is 4. The molecule has 0 saturated carbocycles. The molecule has 126 valence electrons. The van der Waals surface area contributed by atoms with E-state index in [9.17, 15) is 14.4 Å². The van der Waals surface area contributed by atoms with Crippen molar-refractivity contribution in [2.75, 3.05) is 5.32 Å². The Kier molecular flexibility index (Phi) is 4.56. The van der Waals surface area contributed by atoms with E-state index >= 15 is 0 Å². The molecule has 0 aliphatic rings. The van der Waals surface area contributed by atoms with Gasteiger partial charge in [0.15, 0.2) is 0 Å². The van der Waals surface area contributed by atoms with E-state index < -0.39 is 11.2 Å². The van der Waals surface area contributed by atoms with Crippen LogP contribution in [-0.4, -0.2) is 20.3 Å². The molecule has 0 bridgehead atoms. The van der Waals surface area contributed by atoms with E-state index in [0.29, 0.717) is 11.4 Å². The van der Waals surface area contributed by atoms with Crippen molar-refractivity contribution in [1.82, 2.24) is 14.3 Å². The third kappa shape index (κ3) is 3.72. The Hall–Kier alpha value is -3.48. The standard InChI is InChI=1S/C18H16N4O3/c1-13(23)20-15-8-5-9-16(10-15)22-18(25)21(17(24)11-19-22)12-14-6-3-2-4-7-14/h2-11H,12H2,1H3,(H,20,23). The van der Waals surface area contributed by atoms with Crippen LogP contribution in [0.1, 0.15) is 12.5 Å². The van der Waals surface area contributed by atoms with E-state index in [1.807, 2.05) is 30.3 Å². The predicted molar refractivity (Wildman–Crippen MR) is 93.9 cm³/mol. The van der Waals surface area contributed by atoms with Crippen LogP contribution in [0.5, 0.6) is 0 Å². The van der Waals surface area contributed by atoms with Crippen molar-refractivity contribution in [3.8, 4) is 5.69 Å². The number of rotatable bonds is 4. The molecule has 7 nitrogen and oxygen atoms in total. The number of carbonyl (C=O) groups excluding carboxylic acids is 1. The van der Waals surface area contributed by atoms with Gasteiger partial charge in [0.05, 0.1) is 12.2 Å². The SMILES string of the molecule is CC(=O)Nc1cccc(-n2ncc(=O)n(Cc3ccccc3)c2=O)c1. The molecule has 1 amide bonds. The number of nitrogens with zero attached hydrogens (tertiary/aromatic N) is 3. The van der Waals surface area contributed by atoms with Crippen molar-refractivity contribution < 1.29 is 4.79 Å². The number of anilines is 1. The monoisotopic (exact) mass is 336 g/mol. The molecule has 2 aromatic carbocycles. The topological polar surface area (TPSA) is 86.0 Å². The quantitative estimate of drug-likeness (QED) is 0.780. The molecule has 7 heteroatoms. The minimum atomic E-state index is -0.545. The molecule has 0 aliphatic carbocycles. The number of amides is 1. The molecule has 0 unspecified atom stereocenters. The molecule has 0 atom stereocenters. The third-order valence-corrected chi connectivity index (χ3v) is 3.56. The maximum absolute atomic E-state index is 12.7. The van der Waals surface area contributed by atoms with Gasteiger partial charge in [-0.15, -0.1) is 0 Å². The highest BCUT2D eigenvalue weighted by molar-refractivity contribution is 5.88. The number of aromatic nitrogens is 3. The zero-order valence-electron chi connectivity index (χ0n) is 13.5. The van der Waals surface area contributed by atoms with Gasteiger partial charge < -0.3 is 5.32 Å². The molecule has 25 heavy (non-hydrogen) atoms.